The Morgan fingerprint density at radius 3 is 2.53 bits per heavy atom. The van der Waals surface area contributed by atoms with E-state index in [1.165, 1.54) is 10.7 Å². The number of hydrogen-bond donors (Lipinski definition) is 6. The molecule has 12 nitrogen and oxygen atoms in total. The molecular weight excluding hydrogens is 470 g/mol. The second-order valence-corrected chi connectivity index (χ2v) is 9.78. The number of carbonyl (C=O) groups excluding carboxylic acids is 3. The second-order valence-electron chi connectivity index (χ2n) is 9.78. The van der Waals surface area contributed by atoms with E-state index in [0.29, 0.717) is 11.3 Å². The number of carbonyl (C=O) groups is 3. The van der Waals surface area contributed by atoms with Crippen LogP contribution in [0.2, 0.25) is 0 Å². The van der Waals surface area contributed by atoms with Crippen LogP contribution in [0, 0.1) is 11.8 Å². The fourth-order valence-electron chi connectivity index (χ4n) is 5.57. The summed E-state index contributed by atoms with van der Waals surface area (Å²) in [5.74, 6) is -7.38. The first-order valence-electron chi connectivity index (χ1n) is 11.4. The third-order valence-electron chi connectivity index (χ3n) is 7.46. The van der Waals surface area contributed by atoms with Gasteiger partial charge in [-0.3, -0.25) is 14.4 Å². The minimum absolute atomic E-state index is 0.0227. The van der Waals surface area contributed by atoms with Crippen molar-refractivity contribution in [2.45, 2.75) is 44.2 Å². The molecule has 0 saturated heterocycles. The number of phenolic OH excluding ortho intramolecular Hbond substituents is 1. The highest BCUT2D eigenvalue weighted by Gasteiger charge is 2.63. The van der Waals surface area contributed by atoms with Gasteiger partial charge in [0.25, 0.3) is 5.91 Å². The van der Waals surface area contributed by atoms with Gasteiger partial charge in [-0.1, -0.05) is 19.1 Å². The molecule has 0 spiro atoms. The van der Waals surface area contributed by atoms with E-state index in [2.05, 4.69) is 10.3 Å². The van der Waals surface area contributed by atoms with Gasteiger partial charge in [-0.25, -0.2) is 4.68 Å². The average Bonchev–Trinajstić information content (AvgIpc) is 3.30. The van der Waals surface area contributed by atoms with Crippen LogP contribution >= 0.6 is 0 Å². The summed E-state index contributed by atoms with van der Waals surface area (Å²) in [7, 11) is 0. The Bertz CT molecular complexity index is 1420. The molecule has 1 heterocycles. The zero-order valence-corrected chi connectivity index (χ0v) is 19.5. The number of Topliss-reactive ketones (excluding diaryl/α,β-unsaturated/α-hetero) is 2. The molecule has 1 amide bonds. The lowest BCUT2D eigenvalue weighted by molar-refractivity contribution is -0.149. The molecule has 12 heteroatoms. The second kappa shape index (κ2) is 7.73. The maximum atomic E-state index is 13.6. The lowest BCUT2D eigenvalue weighted by Crippen LogP contribution is -2.65. The Morgan fingerprint density at radius 2 is 1.92 bits per heavy atom. The number of fused-ring (bicyclic) bond motifs is 3. The summed E-state index contributed by atoms with van der Waals surface area (Å²) in [6.07, 6.45) is 1.78. The third-order valence-corrected chi connectivity index (χ3v) is 7.46. The van der Waals surface area contributed by atoms with Crippen LogP contribution in [0.5, 0.6) is 5.75 Å². The van der Waals surface area contributed by atoms with Crippen LogP contribution in [0.3, 0.4) is 0 Å². The van der Waals surface area contributed by atoms with E-state index in [9.17, 15) is 34.8 Å². The Morgan fingerprint density at radius 1 is 1.22 bits per heavy atom. The summed E-state index contributed by atoms with van der Waals surface area (Å²) in [4.78, 5) is 38.1. The van der Waals surface area contributed by atoms with Gasteiger partial charge in [-0.15, -0.1) is 5.10 Å². The minimum Gasteiger partial charge on any atom is -0.508 e. The number of aromatic hydroxyl groups is 1. The zero-order chi connectivity index (χ0) is 26.3. The number of aliphatic hydroxyl groups excluding tert-OH is 2. The fraction of sp³-hybridized carbons (Fsp3) is 0.375. The van der Waals surface area contributed by atoms with Gasteiger partial charge < -0.3 is 31.9 Å². The topological polar surface area (TPSA) is 215 Å². The molecule has 188 valence electrons. The molecule has 36 heavy (non-hydrogen) atoms. The van der Waals surface area contributed by atoms with Crippen molar-refractivity contribution < 1.29 is 34.8 Å². The molecule has 4 atom stereocenters. The molecule has 0 radical (unpaired) electrons. The summed E-state index contributed by atoms with van der Waals surface area (Å²) in [6.45, 7) is 3.91. The number of aromatic nitrogens is 3. The van der Waals surface area contributed by atoms with Crippen LogP contribution in [0.1, 0.15) is 43.0 Å². The number of phenols is 1. The van der Waals surface area contributed by atoms with Gasteiger partial charge in [0.15, 0.2) is 11.4 Å². The Labute approximate surface area is 204 Å². The number of benzene rings is 1. The van der Waals surface area contributed by atoms with Crippen molar-refractivity contribution in [2.75, 3.05) is 0 Å². The Hall–Kier alpha value is -4.03. The van der Waals surface area contributed by atoms with Crippen molar-refractivity contribution in [1.29, 1.82) is 0 Å². The van der Waals surface area contributed by atoms with Crippen molar-refractivity contribution >= 4 is 23.2 Å². The van der Waals surface area contributed by atoms with Crippen molar-refractivity contribution in [3.63, 3.8) is 0 Å². The molecule has 0 unspecified atom stereocenters. The van der Waals surface area contributed by atoms with Crippen molar-refractivity contribution in [2.24, 2.45) is 23.3 Å². The number of ketones is 2. The first-order valence-corrected chi connectivity index (χ1v) is 11.4. The molecule has 1 aromatic carbocycles. The van der Waals surface area contributed by atoms with E-state index >= 15 is 0 Å². The van der Waals surface area contributed by atoms with Gasteiger partial charge in [0.2, 0.25) is 5.78 Å². The number of aliphatic hydroxyl groups is 3. The monoisotopic (exact) mass is 495 g/mol. The quantitative estimate of drug-likeness (QED) is 0.315. The number of rotatable bonds is 3. The summed E-state index contributed by atoms with van der Waals surface area (Å²) in [5.41, 5.74) is 9.03. The van der Waals surface area contributed by atoms with Crippen LogP contribution in [0.4, 0.5) is 0 Å². The molecular formula is C24H25N5O7. The van der Waals surface area contributed by atoms with Crippen LogP contribution in [0.15, 0.2) is 35.2 Å². The average molecular weight is 495 g/mol. The Balaban J connectivity index is 1.70. The standard InChI is InChI=1S/C24H25N5O7/c1-8(2)12-7-29(28-27-12)13-3-4-14(30)16-10(13)5-9-6-11-18(25)20(32)17(23(26)35)22(34)24(11,36)21(33)15(9)19(16)31/h3-4,7-9,11,18,30-31,34,36H,5-6,25H2,1-2H3,(H2,26,35)/t9-,11-,18+,24-/m0/s1. The summed E-state index contributed by atoms with van der Waals surface area (Å²) in [5, 5.41) is 52.2. The van der Waals surface area contributed by atoms with Crippen molar-refractivity contribution in [3.05, 3.63) is 52.1 Å². The summed E-state index contributed by atoms with van der Waals surface area (Å²) >= 11 is 0. The maximum Gasteiger partial charge on any atom is 0.255 e. The third kappa shape index (κ3) is 2.97. The first-order chi connectivity index (χ1) is 16.9. The molecule has 8 N–H and O–H groups in total. The minimum atomic E-state index is -2.74. The van der Waals surface area contributed by atoms with Gasteiger partial charge in [0, 0.05) is 11.5 Å². The smallest absolute Gasteiger partial charge is 0.255 e. The fourth-order valence-corrected chi connectivity index (χ4v) is 5.57. The van der Waals surface area contributed by atoms with E-state index in [-0.39, 0.29) is 35.6 Å². The molecule has 1 saturated carbocycles. The number of amides is 1. The van der Waals surface area contributed by atoms with E-state index in [4.69, 9.17) is 11.5 Å². The number of nitrogens with zero attached hydrogens (tertiary/aromatic N) is 3. The van der Waals surface area contributed by atoms with E-state index in [0.717, 1.165) is 5.69 Å². The van der Waals surface area contributed by atoms with E-state index in [1.54, 1.807) is 12.3 Å². The molecule has 2 aromatic rings. The lowest BCUT2D eigenvalue weighted by Gasteiger charge is -2.48. The normalized spacial score (nSPS) is 27.8. The van der Waals surface area contributed by atoms with Crippen LogP contribution in [0.25, 0.3) is 11.4 Å². The largest absolute Gasteiger partial charge is 0.508 e. The molecule has 3 aliphatic rings. The van der Waals surface area contributed by atoms with Gasteiger partial charge in [0.1, 0.15) is 22.8 Å². The number of nitrogens with two attached hydrogens (primary N) is 2. The van der Waals surface area contributed by atoms with E-state index in [1.807, 2.05) is 13.8 Å². The lowest BCUT2D eigenvalue weighted by atomic mass is 9.58. The van der Waals surface area contributed by atoms with Crippen LogP contribution < -0.4 is 11.5 Å². The molecule has 1 aromatic heterocycles. The van der Waals surface area contributed by atoms with Gasteiger partial charge in [-0.05, 0) is 42.4 Å². The summed E-state index contributed by atoms with van der Waals surface area (Å²) in [6, 6.07) is 1.45. The molecule has 1 fully saturated rings. The van der Waals surface area contributed by atoms with Crippen molar-refractivity contribution in [3.8, 4) is 11.4 Å². The van der Waals surface area contributed by atoms with Gasteiger partial charge in [-0.2, -0.15) is 0 Å². The predicted octanol–water partition coefficient (Wildman–Crippen LogP) is 0.0652. The highest BCUT2D eigenvalue weighted by Crippen LogP contribution is 2.52. The molecule has 3 aliphatic carbocycles. The summed E-state index contributed by atoms with van der Waals surface area (Å²) < 4.78 is 1.51. The van der Waals surface area contributed by atoms with Gasteiger partial charge in [0.05, 0.1) is 29.2 Å². The highest BCUT2D eigenvalue weighted by molar-refractivity contribution is 6.24. The van der Waals surface area contributed by atoms with Crippen LogP contribution in [-0.4, -0.2) is 64.5 Å². The van der Waals surface area contributed by atoms with Gasteiger partial charge >= 0.3 is 0 Å². The van der Waals surface area contributed by atoms with E-state index < -0.39 is 58.0 Å². The highest BCUT2D eigenvalue weighted by atomic mass is 16.3. The maximum absolute atomic E-state index is 13.6. The zero-order valence-electron chi connectivity index (χ0n) is 19.5. The predicted molar refractivity (Wildman–Crippen MR) is 124 cm³/mol. The van der Waals surface area contributed by atoms with Crippen molar-refractivity contribution in [1.82, 2.24) is 15.0 Å². The number of primary amides is 1. The van der Waals surface area contributed by atoms with Crippen LogP contribution in [-0.2, 0) is 20.8 Å². The molecule has 5 rings (SSSR count). The first kappa shape index (κ1) is 23.7. The molecule has 0 aliphatic heterocycles. The molecule has 0 bridgehead atoms. The number of hydrogen-bond acceptors (Lipinski definition) is 10. The Kier molecular flexibility index (Phi) is 5.09. The SMILES string of the molecule is CC(C)c1cn(-c2ccc(O)c3c2C[C@H]2C[C@H]4[C@@H](N)C(=O)C(C(N)=O)=C(O)[C@@]4(O)C(=O)C2=C3O)nn1.